The molecule has 18 heavy (non-hydrogen) atoms. The van der Waals surface area contributed by atoms with Crippen LogP contribution in [0.3, 0.4) is 0 Å². The fourth-order valence-corrected chi connectivity index (χ4v) is 3.62. The summed E-state index contributed by atoms with van der Waals surface area (Å²) in [6.45, 7) is 3.38. The van der Waals surface area contributed by atoms with E-state index in [0.29, 0.717) is 12.6 Å². The van der Waals surface area contributed by atoms with Crippen LogP contribution in [0.4, 0.5) is 0 Å². The van der Waals surface area contributed by atoms with Crippen LogP contribution in [0.2, 0.25) is 0 Å². The van der Waals surface area contributed by atoms with Crippen molar-refractivity contribution in [2.24, 2.45) is 11.8 Å². The largest absolute Gasteiger partial charge is 0.355 e. The van der Waals surface area contributed by atoms with Gasteiger partial charge in [0.05, 0.1) is 6.54 Å². The first kappa shape index (κ1) is 13.9. The van der Waals surface area contributed by atoms with Crippen molar-refractivity contribution < 1.29 is 4.79 Å². The van der Waals surface area contributed by atoms with Gasteiger partial charge in [0, 0.05) is 12.6 Å². The van der Waals surface area contributed by atoms with Gasteiger partial charge >= 0.3 is 0 Å². The summed E-state index contributed by atoms with van der Waals surface area (Å²) in [5.41, 5.74) is 0. The fourth-order valence-electron chi connectivity index (χ4n) is 3.62. The molecule has 3 heteroatoms. The summed E-state index contributed by atoms with van der Waals surface area (Å²) in [4.78, 5) is 11.6. The molecule has 3 nitrogen and oxygen atoms in total. The molecule has 2 aliphatic carbocycles. The van der Waals surface area contributed by atoms with E-state index in [1.807, 2.05) is 0 Å². The van der Waals surface area contributed by atoms with E-state index in [1.165, 1.54) is 44.9 Å². The zero-order valence-electron chi connectivity index (χ0n) is 11.7. The zero-order chi connectivity index (χ0) is 12.8. The maximum Gasteiger partial charge on any atom is 0.233 e. The van der Waals surface area contributed by atoms with Gasteiger partial charge in [-0.3, -0.25) is 4.79 Å². The van der Waals surface area contributed by atoms with E-state index in [1.54, 1.807) is 0 Å². The van der Waals surface area contributed by atoms with E-state index in [0.717, 1.165) is 24.8 Å². The average Bonchev–Trinajstić information content (AvgIpc) is 2.42. The molecule has 0 bridgehead atoms. The maximum atomic E-state index is 11.6. The highest BCUT2D eigenvalue weighted by atomic mass is 16.1. The molecule has 2 aliphatic rings. The predicted octanol–water partition coefficient (Wildman–Crippen LogP) is 2.46. The van der Waals surface area contributed by atoms with Gasteiger partial charge < -0.3 is 10.6 Å². The second-order valence-corrected chi connectivity index (χ2v) is 6.05. The van der Waals surface area contributed by atoms with Gasteiger partial charge in [-0.2, -0.15) is 0 Å². The van der Waals surface area contributed by atoms with Crippen molar-refractivity contribution in [3.05, 3.63) is 0 Å². The zero-order valence-corrected chi connectivity index (χ0v) is 11.7. The lowest BCUT2D eigenvalue weighted by Gasteiger charge is -2.39. The Bertz CT molecular complexity index is 267. The number of nitrogens with one attached hydrogen (secondary N) is 2. The Balaban J connectivity index is 1.66. The second-order valence-electron chi connectivity index (χ2n) is 6.05. The number of carbonyl (C=O) groups is 1. The summed E-state index contributed by atoms with van der Waals surface area (Å²) in [7, 11) is 0. The van der Waals surface area contributed by atoms with E-state index in [9.17, 15) is 4.79 Å². The van der Waals surface area contributed by atoms with Crippen LogP contribution in [-0.4, -0.2) is 25.0 Å². The van der Waals surface area contributed by atoms with E-state index in [4.69, 9.17) is 0 Å². The SMILES string of the molecule is CCCNC(=O)CNC1CCC2CCCCC2C1. The van der Waals surface area contributed by atoms with Crippen molar-refractivity contribution in [2.75, 3.05) is 13.1 Å². The number of fused-ring (bicyclic) bond motifs is 1. The van der Waals surface area contributed by atoms with Crippen molar-refractivity contribution in [1.29, 1.82) is 0 Å². The molecule has 3 unspecified atom stereocenters. The number of hydrogen-bond acceptors (Lipinski definition) is 2. The first-order valence-corrected chi connectivity index (χ1v) is 7.79. The molecule has 0 radical (unpaired) electrons. The summed E-state index contributed by atoms with van der Waals surface area (Å²) in [6.07, 6.45) is 10.7. The second kappa shape index (κ2) is 7.13. The van der Waals surface area contributed by atoms with E-state index in [-0.39, 0.29) is 5.91 Å². The van der Waals surface area contributed by atoms with Crippen molar-refractivity contribution >= 4 is 5.91 Å². The smallest absolute Gasteiger partial charge is 0.233 e. The normalized spacial score (nSPS) is 31.7. The lowest BCUT2D eigenvalue weighted by atomic mass is 9.69. The Morgan fingerprint density at radius 3 is 2.67 bits per heavy atom. The third kappa shape index (κ3) is 3.98. The molecule has 0 spiro atoms. The molecule has 2 saturated carbocycles. The molecule has 0 aromatic heterocycles. The van der Waals surface area contributed by atoms with Crippen molar-refractivity contribution in [2.45, 2.75) is 64.3 Å². The van der Waals surface area contributed by atoms with Gasteiger partial charge in [-0.15, -0.1) is 0 Å². The van der Waals surface area contributed by atoms with Crippen LogP contribution in [0.15, 0.2) is 0 Å². The molecule has 2 N–H and O–H groups in total. The lowest BCUT2D eigenvalue weighted by molar-refractivity contribution is -0.120. The molecule has 3 atom stereocenters. The Morgan fingerprint density at radius 1 is 1.11 bits per heavy atom. The number of amides is 1. The molecular formula is C15H28N2O. The molecule has 0 saturated heterocycles. The van der Waals surface area contributed by atoms with Gasteiger partial charge in [-0.05, 0) is 37.5 Å². The fraction of sp³-hybridized carbons (Fsp3) is 0.933. The Kier molecular flexibility index (Phi) is 5.48. The Labute approximate surface area is 111 Å². The molecule has 2 rings (SSSR count). The summed E-state index contributed by atoms with van der Waals surface area (Å²) in [5, 5.41) is 6.38. The number of carbonyl (C=O) groups excluding carboxylic acids is 1. The number of hydrogen-bond donors (Lipinski definition) is 2. The monoisotopic (exact) mass is 252 g/mol. The minimum absolute atomic E-state index is 0.155. The lowest BCUT2D eigenvalue weighted by Crippen LogP contribution is -2.43. The van der Waals surface area contributed by atoms with Crippen LogP contribution in [-0.2, 0) is 4.79 Å². The first-order valence-electron chi connectivity index (χ1n) is 7.79. The molecule has 2 fully saturated rings. The van der Waals surface area contributed by atoms with Crippen LogP contribution < -0.4 is 10.6 Å². The van der Waals surface area contributed by atoms with Gasteiger partial charge in [0.1, 0.15) is 0 Å². The highest BCUT2D eigenvalue weighted by Crippen LogP contribution is 2.40. The summed E-state index contributed by atoms with van der Waals surface area (Å²) >= 11 is 0. The molecule has 0 aromatic rings. The van der Waals surface area contributed by atoms with E-state index < -0.39 is 0 Å². The van der Waals surface area contributed by atoms with Gasteiger partial charge in [-0.25, -0.2) is 0 Å². The molecule has 0 heterocycles. The predicted molar refractivity (Wildman–Crippen MR) is 74.4 cm³/mol. The van der Waals surface area contributed by atoms with Gasteiger partial charge in [-0.1, -0.05) is 32.6 Å². The Hall–Kier alpha value is -0.570. The quantitative estimate of drug-likeness (QED) is 0.789. The highest BCUT2D eigenvalue weighted by molar-refractivity contribution is 5.77. The summed E-state index contributed by atoms with van der Waals surface area (Å²) < 4.78 is 0. The van der Waals surface area contributed by atoms with E-state index >= 15 is 0 Å². The molecule has 0 aliphatic heterocycles. The first-order chi connectivity index (χ1) is 8.79. The number of rotatable bonds is 5. The van der Waals surface area contributed by atoms with Gasteiger partial charge in [0.15, 0.2) is 0 Å². The third-order valence-corrected chi connectivity index (χ3v) is 4.66. The topological polar surface area (TPSA) is 41.1 Å². The highest BCUT2D eigenvalue weighted by Gasteiger charge is 2.31. The average molecular weight is 252 g/mol. The third-order valence-electron chi connectivity index (χ3n) is 4.66. The molecular weight excluding hydrogens is 224 g/mol. The van der Waals surface area contributed by atoms with Crippen molar-refractivity contribution in [3.8, 4) is 0 Å². The minimum Gasteiger partial charge on any atom is -0.355 e. The molecule has 104 valence electrons. The van der Waals surface area contributed by atoms with Crippen LogP contribution >= 0.6 is 0 Å². The Morgan fingerprint density at radius 2 is 1.89 bits per heavy atom. The summed E-state index contributed by atoms with van der Waals surface area (Å²) in [5.74, 6) is 2.08. The maximum absolute atomic E-state index is 11.6. The van der Waals surface area contributed by atoms with E-state index in [2.05, 4.69) is 17.6 Å². The van der Waals surface area contributed by atoms with Gasteiger partial charge in [0.2, 0.25) is 5.91 Å². The van der Waals surface area contributed by atoms with Crippen LogP contribution in [0, 0.1) is 11.8 Å². The standard InChI is InChI=1S/C15H28N2O/c1-2-9-16-15(18)11-17-14-8-7-12-5-3-4-6-13(12)10-14/h12-14,17H,2-11H2,1H3,(H,16,18). The van der Waals surface area contributed by atoms with Crippen LogP contribution in [0.25, 0.3) is 0 Å². The van der Waals surface area contributed by atoms with Crippen LogP contribution in [0.5, 0.6) is 0 Å². The minimum atomic E-state index is 0.155. The van der Waals surface area contributed by atoms with Gasteiger partial charge in [0.25, 0.3) is 0 Å². The molecule has 0 aromatic carbocycles. The molecule has 1 amide bonds. The summed E-state index contributed by atoms with van der Waals surface area (Å²) in [6, 6.07) is 0.580. The van der Waals surface area contributed by atoms with Crippen LogP contribution in [0.1, 0.15) is 58.3 Å². The van der Waals surface area contributed by atoms with Crippen molar-refractivity contribution in [3.63, 3.8) is 0 Å². The van der Waals surface area contributed by atoms with Crippen molar-refractivity contribution in [1.82, 2.24) is 10.6 Å².